The minimum absolute atomic E-state index is 0.353. The molecule has 0 aromatic heterocycles. The van der Waals surface area contributed by atoms with Crippen LogP contribution in [-0.4, -0.2) is 47.6 Å². The first-order valence-electron chi connectivity index (χ1n) is 8.00. The number of rotatable bonds is 2. The highest BCUT2D eigenvalue weighted by Crippen LogP contribution is 2.30. The summed E-state index contributed by atoms with van der Waals surface area (Å²) in [4.78, 5) is 5.41. The summed E-state index contributed by atoms with van der Waals surface area (Å²) in [6.07, 6.45) is 7.24. The molecule has 0 amide bonds. The largest absolute Gasteiger partial charge is 0.298 e. The van der Waals surface area contributed by atoms with Gasteiger partial charge in [-0.15, -0.1) is 0 Å². The Kier molecular flexibility index (Phi) is 4.71. The molecule has 2 nitrogen and oxygen atoms in total. The van der Waals surface area contributed by atoms with Crippen molar-refractivity contribution in [1.82, 2.24) is 9.80 Å². The lowest BCUT2D eigenvalue weighted by atomic mass is 9.83. The Bertz CT molecular complexity index is 240. The summed E-state index contributed by atoms with van der Waals surface area (Å²) < 4.78 is 0. The van der Waals surface area contributed by atoms with Gasteiger partial charge in [-0.2, -0.15) is 0 Å². The van der Waals surface area contributed by atoms with E-state index in [1.54, 1.807) is 0 Å². The van der Waals surface area contributed by atoms with Gasteiger partial charge < -0.3 is 0 Å². The fourth-order valence-electron chi connectivity index (χ4n) is 3.68. The molecule has 0 N–H and O–H groups in total. The van der Waals surface area contributed by atoms with Crippen LogP contribution in [-0.2, 0) is 0 Å². The lowest BCUT2D eigenvalue weighted by Gasteiger charge is -2.46. The van der Waals surface area contributed by atoms with Crippen molar-refractivity contribution in [2.45, 2.75) is 71.4 Å². The van der Waals surface area contributed by atoms with Crippen molar-refractivity contribution in [2.75, 3.05) is 26.2 Å². The second-order valence-electron chi connectivity index (χ2n) is 7.28. The van der Waals surface area contributed by atoms with E-state index in [2.05, 4.69) is 37.5 Å². The molecule has 106 valence electrons. The summed E-state index contributed by atoms with van der Waals surface area (Å²) in [7, 11) is 0. The van der Waals surface area contributed by atoms with E-state index in [9.17, 15) is 0 Å². The van der Waals surface area contributed by atoms with Crippen LogP contribution in [0.25, 0.3) is 0 Å². The Morgan fingerprint density at radius 2 is 1.44 bits per heavy atom. The van der Waals surface area contributed by atoms with Crippen LogP contribution in [0.3, 0.4) is 0 Å². The second kappa shape index (κ2) is 5.92. The van der Waals surface area contributed by atoms with Gasteiger partial charge in [0.1, 0.15) is 0 Å². The van der Waals surface area contributed by atoms with E-state index in [0.29, 0.717) is 5.54 Å². The maximum absolute atomic E-state index is 2.77. The molecule has 0 spiro atoms. The average Bonchev–Trinajstić information content (AvgIpc) is 2.38. The Morgan fingerprint density at radius 1 is 0.889 bits per heavy atom. The molecule has 1 saturated carbocycles. The molecule has 1 aliphatic heterocycles. The van der Waals surface area contributed by atoms with Gasteiger partial charge in [0.15, 0.2) is 0 Å². The minimum atomic E-state index is 0.353. The molecule has 0 aromatic carbocycles. The third-order valence-electron chi connectivity index (χ3n) is 5.17. The van der Waals surface area contributed by atoms with Crippen LogP contribution in [0.2, 0.25) is 0 Å². The number of piperazine rings is 1. The van der Waals surface area contributed by atoms with E-state index in [-0.39, 0.29) is 0 Å². The molecule has 2 fully saturated rings. The third-order valence-corrected chi connectivity index (χ3v) is 5.17. The summed E-state index contributed by atoms with van der Waals surface area (Å²) in [5.74, 6) is 1.03. The van der Waals surface area contributed by atoms with Crippen LogP contribution < -0.4 is 0 Å². The van der Waals surface area contributed by atoms with Gasteiger partial charge in [0.25, 0.3) is 0 Å². The van der Waals surface area contributed by atoms with Crippen molar-refractivity contribution in [3.05, 3.63) is 0 Å². The zero-order valence-electron chi connectivity index (χ0n) is 12.9. The van der Waals surface area contributed by atoms with E-state index in [4.69, 9.17) is 0 Å². The first kappa shape index (κ1) is 14.3. The van der Waals surface area contributed by atoms with Crippen LogP contribution >= 0.6 is 0 Å². The zero-order chi connectivity index (χ0) is 13.2. The average molecular weight is 252 g/mol. The fraction of sp³-hybridized carbons (Fsp3) is 1.00. The molecule has 1 aliphatic carbocycles. The summed E-state index contributed by atoms with van der Waals surface area (Å²) in [5, 5.41) is 0. The maximum atomic E-state index is 2.77. The molecule has 0 aromatic rings. The molecule has 0 unspecified atom stereocenters. The third kappa shape index (κ3) is 3.48. The molecule has 0 bridgehead atoms. The van der Waals surface area contributed by atoms with Crippen LogP contribution in [0.4, 0.5) is 0 Å². The normalized spacial score (nSPS) is 32.7. The van der Waals surface area contributed by atoms with Crippen LogP contribution in [0, 0.1) is 5.92 Å². The number of hydrogen-bond acceptors (Lipinski definition) is 2. The molecule has 2 aliphatic rings. The van der Waals surface area contributed by atoms with Crippen molar-refractivity contribution in [2.24, 2.45) is 5.92 Å². The molecular formula is C16H32N2. The summed E-state index contributed by atoms with van der Waals surface area (Å²) in [5.41, 5.74) is 0.353. The fourth-order valence-corrected chi connectivity index (χ4v) is 3.68. The van der Waals surface area contributed by atoms with E-state index >= 15 is 0 Å². The van der Waals surface area contributed by atoms with Crippen molar-refractivity contribution in [1.29, 1.82) is 0 Å². The maximum Gasteiger partial charge on any atom is 0.0126 e. The molecule has 18 heavy (non-hydrogen) atoms. The van der Waals surface area contributed by atoms with Crippen LogP contribution in [0.15, 0.2) is 0 Å². The van der Waals surface area contributed by atoms with E-state index < -0.39 is 0 Å². The van der Waals surface area contributed by atoms with Crippen molar-refractivity contribution >= 4 is 0 Å². The van der Waals surface area contributed by atoms with E-state index in [1.807, 2.05) is 0 Å². The monoisotopic (exact) mass is 252 g/mol. The van der Waals surface area contributed by atoms with Crippen molar-refractivity contribution in [3.63, 3.8) is 0 Å². The summed E-state index contributed by atoms with van der Waals surface area (Å²) >= 11 is 0. The van der Waals surface area contributed by atoms with E-state index in [0.717, 1.165) is 12.0 Å². The highest BCUT2D eigenvalue weighted by Gasteiger charge is 2.30. The molecule has 1 saturated heterocycles. The lowest BCUT2D eigenvalue weighted by molar-refractivity contribution is 0.0289. The topological polar surface area (TPSA) is 6.48 Å². The molecule has 1 heterocycles. The first-order chi connectivity index (χ1) is 8.50. The summed E-state index contributed by atoms with van der Waals surface area (Å²) in [6, 6.07) is 0.898. The van der Waals surface area contributed by atoms with E-state index in [1.165, 1.54) is 58.3 Å². The zero-order valence-corrected chi connectivity index (χ0v) is 12.9. The molecule has 2 rings (SSSR count). The number of hydrogen-bond donors (Lipinski definition) is 0. The highest BCUT2D eigenvalue weighted by atomic mass is 15.3. The molecule has 2 heteroatoms. The Morgan fingerprint density at radius 3 is 1.89 bits per heavy atom. The van der Waals surface area contributed by atoms with Gasteiger partial charge in [-0.3, -0.25) is 9.80 Å². The van der Waals surface area contributed by atoms with Crippen molar-refractivity contribution in [3.8, 4) is 0 Å². The summed E-state index contributed by atoms with van der Waals surface area (Å²) in [6.45, 7) is 14.5. The highest BCUT2D eigenvalue weighted by molar-refractivity contribution is 4.86. The Labute approximate surface area is 114 Å². The van der Waals surface area contributed by atoms with Gasteiger partial charge in [-0.1, -0.05) is 13.3 Å². The predicted octanol–water partition coefficient (Wildman–Crippen LogP) is 3.37. The van der Waals surface area contributed by atoms with Crippen molar-refractivity contribution < 1.29 is 0 Å². The lowest BCUT2D eigenvalue weighted by Crippen LogP contribution is -2.56. The first-order valence-corrected chi connectivity index (χ1v) is 8.00. The van der Waals surface area contributed by atoms with Gasteiger partial charge in [-0.25, -0.2) is 0 Å². The van der Waals surface area contributed by atoms with Crippen LogP contribution in [0.1, 0.15) is 59.8 Å². The Balaban J connectivity index is 1.77. The molecular weight excluding hydrogens is 220 g/mol. The number of nitrogens with zero attached hydrogens (tertiary/aromatic N) is 2. The molecule has 0 radical (unpaired) electrons. The van der Waals surface area contributed by atoms with Gasteiger partial charge >= 0.3 is 0 Å². The SMILES string of the molecule is CC[C@H]1CC[C@H](N2CCN(C(C)(C)C)CC2)CC1. The quantitative estimate of drug-likeness (QED) is 0.743. The molecule has 0 atom stereocenters. The Hall–Kier alpha value is -0.0800. The predicted molar refractivity (Wildman–Crippen MR) is 78.9 cm³/mol. The smallest absolute Gasteiger partial charge is 0.0126 e. The van der Waals surface area contributed by atoms with Gasteiger partial charge in [0.2, 0.25) is 0 Å². The van der Waals surface area contributed by atoms with Gasteiger partial charge in [0.05, 0.1) is 0 Å². The minimum Gasteiger partial charge on any atom is -0.298 e. The second-order valence-corrected chi connectivity index (χ2v) is 7.28. The van der Waals surface area contributed by atoms with Gasteiger partial charge in [0, 0.05) is 37.8 Å². The van der Waals surface area contributed by atoms with Gasteiger partial charge in [-0.05, 0) is 52.4 Å². The standard InChI is InChI=1S/C16H32N2/c1-5-14-6-8-15(9-7-14)17-10-12-18(13-11-17)16(2,3)4/h14-15H,5-13H2,1-4H3/t14-,15-. The van der Waals surface area contributed by atoms with Crippen LogP contribution in [0.5, 0.6) is 0 Å².